The number of anilines is 1. The number of hydrazine groups is 1. The van der Waals surface area contributed by atoms with Crippen LogP contribution in [0.4, 0.5) is 5.95 Å². The molecule has 106 valence electrons. The van der Waals surface area contributed by atoms with Crippen LogP contribution in [0, 0.1) is 0 Å². The number of aromatic nitrogens is 2. The van der Waals surface area contributed by atoms with E-state index in [0.29, 0.717) is 6.61 Å². The predicted molar refractivity (Wildman–Crippen MR) is 68.6 cm³/mol. The Bertz CT molecular complexity index is 512. The summed E-state index contributed by atoms with van der Waals surface area (Å²) in [5.41, 5.74) is 2.23. The quantitative estimate of drug-likeness (QED) is 0.498. The second kappa shape index (κ2) is 5.78. The number of nitrogens with zero attached hydrogens (tertiary/aromatic N) is 2. The van der Waals surface area contributed by atoms with E-state index in [9.17, 15) is 8.42 Å². The van der Waals surface area contributed by atoms with Gasteiger partial charge in [0.25, 0.3) is 0 Å². The minimum Gasteiger partial charge on any atom is -0.377 e. The zero-order chi connectivity index (χ0) is 13.9. The number of ether oxygens (including phenoxy) is 1. The van der Waals surface area contributed by atoms with Crippen molar-refractivity contribution in [3.63, 3.8) is 0 Å². The first kappa shape index (κ1) is 14.1. The van der Waals surface area contributed by atoms with Gasteiger partial charge in [-0.2, -0.15) is 0 Å². The Morgan fingerprint density at radius 1 is 1.47 bits per heavy atom. The summed E-state index contributed by atoms with van der Waals surface area (Å²) in [6.45, 7) is 2.46. The van der Waals surface area contributed by atoms with E-state index < -0.39 is 10.0 Å². The molecule has 4 N–H and O–H groups in total. The standard InChI is InChI=1S/C10H17N5O3S/c1-7(9-3-2-4-18-9)15-19(16,17)8-5-12-10(14-11)13-6-8/h5-7,9,15H,2-4,11H2,1H3,(H,12,13,14). The highest BCUT2D eigenvalue weighted by atomic mass is 32.2. The molecule has 0 aliphatic carbocycles. The maximum absolute atomic E-state index is 12.1. The van der Waals surface area contributed by atoms with Crippen molar-refractivity contribution < 1.29 is 13.2 Å². The van der Waals surface area contributed by atoms with Gasteiger partial charge in [-0.3, -0.25) is 5.43 Å². The van der Waals surface area contributed by atoms with Crippen LogP contribution in [-0.4, -0.2) is 37.1 Å². The van der Waals surface area contributed by atoms with E-state index in [1.54, 1.807) is 6.92 Å². The minimum absolute atomic E-state index is 0.00338. The molecule has 0 amide bonds. The molecule has 1 aliphatic heterocycles. The van der Waals surface area contributed by atoms with E-state index in [2.05, 4.69) is 20.1 Å². The second-order valence-corrected chi connectivity index (χ2v) is 6.06. The molecular weight excluding hydrogens is 270 g/mol. The Balaban J connectivity index is 2.08. The van der Waals surface area contributed by atoms with Gasteiger partial charge >= 0.3 is 0 Å². The number of rotatable bonds is 5. The van der Waals surface area contributed by atoms with E-state index in [4.69, 9.17) is 10.6 Å². The topological polar surface area (TPSA) is 119 Å². The molecule has 1 fully saturated rings. The van der Waals surface area contributed by atoms with Crippen molar-refractivity contribution in [2.24, 2.45) is 5.84 Å². The molecule has 2 heterocycles. The molecule has 2 unspecified atom stereocenters. The van der Waals surface area contributed by atoms with Crippen molar-refractivity contribution in [3.8, 4) is 0 Å². The first-order valence-corrected chi connectivity index (χ1v) is 7.44. The SMILES string of the molecule is CC(NS(=O)(=O)c1cnc(NN)nc1)C1CCCO1. The lowest BCUT2D eigenvalue weighted by atomic mass is 10.1. The molecule has 19 heavy (non-hydrogen) atoms. The van der Waals surface area contributed by atoms with Gasteiger partial charge in [0.1, 0.15) is 4.90 Å². The van der Waals surface area contributed by atoms with Crippen LogP contribution in [0.1, 0.15) is 19.8 Å². The highest BCUT2D eigenvalue weighted by Gasteiger charge is 2.27. The van der Waals surface area contributed by atoms with Gasteiger partial charge in [-0.25, -0.2) is 29.0 Å². The molecule has 0 bridgehead atoms. The van der Waals surface area contributed by atoms with E-state index in [-0.39, 0.29) is 23.0 Å². The van der Waals surface area contributed by atoms with Crippen molar-refractivity contribution in [1.29, 1.82) is 0 Å². The van der Waals surface area contributed by atoms with Crippen molar-refractivity contribution in [2.45, 2.75) is 36.8 Å². The van der Waals surface area contributed by atoms with Crippen molar-refractivity contribution in [1.82, 2.24) is 14.7 Å². The first-order chi connectivity index (χ1) is 9.03. The van der Waals surface area contributed by atoms with Crippen LogP contribution >= 0.6 is 0 Å². The van der Waals surface area contributed by atoms with Crippen LogP contribution in [0.15, 0.2) is 17.3 Å². The molecule has 2 rings (SSSR count). The summed E-state index contributed by atoms with van der Waals surface area (Å²) in [4.78, 5) is 7.54. The summed E-state index contributed by atoms with van der Waals surface area (Å²) >= 11 is 0. The highest BCUT2D eigenvalue weighted by molar-refractivity contribution is 7.89. The molecule has 8 nitrogen and oxygen atoms in total. The number of sulfonamides is 1. The summed E-state index contributed by atoms with van der Waals surface area (Å²) in [5, 5.41) is 0. The molecule has 0 radical (unpaired) electrons. The molecule has 0 saturated carbocycles. The fourth-order valence-corrected chi connectivity index (χ4v) is 3.08. The van der Waals surface area contributed by atoms with Crippen LogP contribution in [-0.2, 0) is 14.8 Å². The Hall–Kier alpha value is -1.29. The fraction of sp³-hybridized carbons (Fsp3) is 0.600. The molecule has 1 aromatic rings. The molecule has 2 atom stereocenters. The Morgan fingerprint density at radius 3 is 2.68 bits per heavy atom. The third-order valence-electron chi connectivity index (χ3n) is 2.93. The third kappa shape index (κ3) is 3.38. The van der Waals surface area contributed by atoms with Gasteiger partial charge in [0.2, 0.25) is 16.0 Å². The van der Waals surface area contributed by atoms with Crippen LogP contribution in [0.5, 0.6) is 0 Å². The Morgan fingerprint density at radius 2 is 2.16 bits per heavy atom. The van der Waals surface area contributed by atoms with Crippen LogP contribution < -0.4 is 16.0 Å². The molecule has 0 aromatic carbocycles. The average Bonchev–Trinajstić information content (AvgIpc) is 2.92. The lowest BCUT2D eigenvalue weighted by molar-refractivity contribution is 0.0902. The van der Waals surface area contributed by atoms with E-state index in [1.165, 1.54) is 12.4 Å². The van der Waals surface area contributed by atoms with Crippen molar-refractivity contribution >= 4 is 16.0 Å². The number of nitrogens with one attached hydrogen (secondary N) is 2. The lowest BCUT2D eigenvalue weighted by Crippen LogP contribution is -2.40. The van der Waals surface area contributed by atoms with Gasteiger partial charge < -0.3 is 4.74 Å². The first-order valence-electron chi connectivity index (χ1n) is 5.95. The van der Waals surface area contributed by atoms with Crippen molar-refractivity contribution in [2.75, 3.05) is 12.0 Å². The van der Waals surface area contributed by atoms with Crippen LogP contribution in [0.25, 0.3) is 0 Å². The van der Waals surface area contributed by atoms with Gasteiger partial charge in [0.05, 0.1) is 18.5 Å². The zero-order valence-electron chi connectivity index (χ0n) is 10.5. The highest BCUT2D eigenvalue weighted by Crippen LogP contribution is 2.17. The smallest absolute Gasteiger partial charge is 0.243 e. The van der Waals surface area contributed by atoms with E-state index >= 15 is 0 Å². The van der Waals surface area contributed by atoms with Crippen LogP contribution in [0.2, 0.25) is 0 Å². The average molecular weight is 287 g/mol. The Kier molecular flexibility index (Phi) is 4.30. The summed E-state index contributed by atoms with van der Waals surface area (Å²) < 4.78 is 32.2. The van der Waals surface area contributed by atoms with Crippen molar-refractivity contribution in [3.05, 3.63) is 12.4 Å². The summed E-state index contributed by atoms with van der Waals surface area (Å²) in [7, 11) is -3.65. The van der Waals surface area contributed by atoms with E-state index in [0.717, 1.165) is 12.8 Å². The number of hydrogen-bond donors (Lipinski definition) is 3. The maximum atomic E-state index is 12.1. The van der Waals surface area contributed by atoms with Gasteiger partial charge in [-0.15, -0.1) is 0 Å². The second-order valence-electron chi connectivity index (χ2n) is 4.35. The Labute approximate surface area is 111 Å². The number of nitrogen functional groups attached to an aromatic ring is 1. The molecule has 1 aromatic heterocycles. The monoisotopic (exact) mass is 287 g/mol. The summed E-state index contributed by atoms with van der Waals surface area (Å²) in [5.74, 6) is 5.27. The molecule has 9 heteroatoms. The van der Waals surface area contributed by atoms with Gasteiger partial charge in [-0.1, -0.05) is 0 Å². The summed E-state index contributed by atoms with van der Waals surface area (Å²) in [6, 6.07) is -0.292. The molecule has 1 saturated heterocycles. The zero-order valence-corrected chi connectivity index (χ0v) is 11.4. The fourth-order valence-electron chi connectivity index (χ4n) is 1.92. The maximum Gasteiger partial charge on any atom is 0.243 e. The largest absolute Gasteiger partial charge is 0.377 e. The normalized spacial score (nSPS) is 21.3. The third-order valence-corrected chi connectivity index (χ3v) is 4.44. The minimum atomic E-state index is -3.65. The molecule has 1 aliphatic rings. The number of hydrogen-bond acceptors (Lipinski definition) is 7. The number of nitrogens with two attached hydrogens (primary N) is 1. The van der Waals surface area contributed by atoms with Gasteiger partial charge in [0.15, 0.2) is 0 Å². The van der Waals surface area contributed by atoms with Crippen LogP contribution in [0.3, 0.4) is 0 Å². The lowest BCUT2D eigenvalue weighted by Gasteiger charge is -2.19. The summed E-state index contributed by atoms with van der Waals surface area (Å²) in [6.07, 6.45) is 4.13. The van der Waals surface area contributed by atoms with Gasteiger partial charge in [-0.05, 0) is 19.8 Å². The van der Waals surface area contributed by atoms with E-state index in [1.807, 2.05) is 0 Å². The predicted octanol–water partition coefficient (Wildman–Crippen LogP) is -0.392. The molecular formula is C10H17N5O3S. The molecule has 0 spiro atoms. The van der Waals surface area contributed by atoms with Gasteiger partial charge in [0, 0.05) is 12.6 Å².